The van der Waals surface area contributed by atoms with Crippen molar-refractivity contribution in [3.05, 3.63) is 63.2 Å². The highest BCUT2D eigenvalue weighted by Gasteiger charge is 2.18. The number of methoxy groups -OCH3 is 2. The maximum atomic E-state index is 12.1. The number of nitrogens with one attached hydrogen (secondary N) is 1. The number of anilines is 1. The normalized spacial score (nSPS) is 10.5. The van der Waals surface area contributed by atoms with Crippen molar-refractivity contribution in [2.45, 2.75) is 13.8 Å². The van der Waals surface area contributed by atoms with Gasteiger partial charge in [-0.05, 0) is 54.8 Å². The average molecular weight is 414 g/mol. The first-order valence-electron chi connectivity index (χ1n) is 8.87. The Morgan fingerprint density at radius 1 is 1.07 bits per heavy atom. The van der Waals surface area contributed by atoms with E-state index in [4.69, 9.17) is 14.2 Å². The first-order valence-corrected chi connectivity index (χ1v) is 8.87. The van der Waals surface area contributed by atoms with Gasteiger partial charge in [-0.15, -0.1) is 0 Å². The van der Waals surface area contributed by atoms with Crippen LogP contribution in [0.5, 0.6) is 11.5 Å². The van der Waals surface area contributed by atoms with E-state index in [-0.39, 0.29) is 11.4 Å². The van der Waals surface area contributed by atoms with E-state index in [1.807, 2.05) is 0 Å². The Bertz CT molecular complexity index is 999. The van der Waals surface area contributed by atoms with Gasteiger partial charge in [0.25, 0.3) is 11.6 Å². The smallest absolute Gasteiger partial charge is 0.331 e. The molecular weight excluding hydrogens is 392 g/mol. The predicted octanol–water partition coefficient (Wildman–Crippen LogP) is 3.42. The minimum atomic E-state index is -0.741. The monoisotopic (exact) mass is 414 g/mol. The van der Waals surface area contributed by atoms with Crippen molar-refractivity contribution in [1.82, 2.24) is 0 Å². The van der Waals surface area contributed by atoms with Gasteiger partial charge in [-0.3, -0.25) is 14.9 Å². The lowest BCUT2D eigenvalue weighted by Crippen LogP contribution is -2.20. The van der Waals surface area contributed by atoms with Gasteiger partial charge in [0.2, 0.25) is 0 Å². The molecule has 0 saturated carbocycles. The summed E-state index contributed by atoms with van der Waals surface area (Å²) in [5, 5.41) is 13.6. The van der Waals surface area contributed by atoms with Crippen molar-refractivity contribution in [3.8, 4) is 11.5 Å². The number of amides is 1. The quantitative estimate of drug-likeness (QED) is 0.304. The first-order chi connectivity index (χ1) is 14.2. The third-order valence-electron chi connectivity index (χ3n) is 4.25. The van der Waals surface area contributed by atoms with Gasteiger partial charge in [0.05, 0.1) is 19.1 Å². The highest BCUT2D eigenvalue weighted by Crippen LogP contribution is 2.28. The lowest BCUT2D eigenvalue weighted by atomic mass is 10.1. The average Bonchev–Trinajstić information content (AvgIpc) is 2.72. The molecule has 0 aromatic heterocycles. The fourth-order valence-corrected chi connectivity index (χ4v) is 2.54. The largest absolute Gasteiger partial charge is 0.493 e. The van der Waals surface area contributed by atoms with E-state index < -0.39 is 23.4 Å². The number of nitrogens with zero attached hydrogens (tertiary/aromatic N) is 1. The number of aryl methyl sites for hydroxylation is 2. The highest BCUT2D eigenvalue weighted by atomic mass is 16.6. The van der Waals surface area contributed by atoms with Crippen LogP contribution in [-0.4, -0.2) is 37.6 Å². The second-order valence-electron chi connectivity index (χ2n) is 6.31. The molecule has 1 amide bonds. The Kier molecular flexibility index (Phi) is 7.51. The molecule has 0 radical (unpaired) electrons. The molecule has 0 aliphatic rings. The molecule has 30 heavy (non-hydrogen) atoms. The summed E-state index contributed by atoms with van der Waals surface area (Å²) in [4.78, 5) is 34.5. The number of esters is 1. The zero-order valence-corrected chi connectivity index (χ0v) is 17.1. The van der Waals surface area contributed by atoms with Crippen LogP contribution in [0.25, 0.3) is 6.08 Å². The van der Waals surface area contributed by atoms with Gasteiger partial charge < -0.3 is 19.5 Å². The first kappa shape index (κ1) is 22.4. The summed E-state index contributed by atoms with van der Waals surface area (Å²) in [6.45, 7) is 2.92. The minimum absolute atomic E-state index is 0.0463. The van der Waals surface area contributed by atoms with Crippen molar-refractivity contribution >= 4 is 29.3 Å². The van der Waals surface area contributed by atoms with Gasteiger partial charge >= 0.3 is 5.97 Å². The molecular formula is C21H22N2O7. The predicted molar refractivity (Wildman–Crippen MR) is 111 cm³/mol. The van der Waals surface area contributed by atoms with E-state index in [1.54, 1.807) is 32.0 Å². The van der Waals surface area contributed by atoms with Crippen LogP contribution in [0.4, 0.5) is 11.4 Å². The molecule has 2 aromatic carbocycles. The summed E-state index contributed by atoms with van der Waals surface area (Å²) in [6, 6.07) is 7.96. The van der Waals surface area contributed by atoms with Crippen LogP contribution < -0.4 is 14.8 Å². The van der Waals surface area contributed by atoms with Gasteiger partial charge in [-0.2, -0.15) is 0 Å². The molecule has 0 heterocycles. The van der Waals surface area contributed by atoms with E-state index in [0.717, 1.165) is 17.2 Å². The number of benzene rings is 2. The van der Waals surface area contributed by atoms with Crippen molar-refractivity contribution in [3.63, 3.8) is 0 Å². The third-order valence-corrected chi connectivity index (χ3v) is 4.25. The van der Waals surface area contributed by atoms with Crippen molar-refractivity contribution in [2.75, 3.05) is 26.1 Å². The van der Waals surface area contributed by atoms with Gasteiger partial charge in [-0.1, -0.05) is 6.07 Å². The van der Waals surface area contributed by atoms with E-state index >= 15 is 0 Å². The van der Waals surface area contributed by atoms with E-state index in [0.29, 0.717) is 17.1 Å². The second-order valence-corrected chi connectivity index (χ2v) is 6.31. The Hall–Kier alpha value is -3.88. The molecule has 0 aliphatic carbocycles. The summed E-state index contributed by atoms with van der Waals surface area (Å²) in [5.41, 5.74) is 1.99. The molecule has 0 fully saturated rings. The van der Waals surface area contributed by atoms with E-state index in [1.165, 1.54) is 32.4 Å². The molecule has 9 heteroatoms. The fraction of sp³-hybridized carbons (Fsp3) is 0.238. The molecule has 0 aliphatic heterocycles. The maximum Gasteiger partial charge on any atom is 0.331 e. The van der Waals surface area contributed by atoms with Crippen LogP contribution in [-0.2, 0) is 14.3 Å². The standard InChI is InChI=1S/C21H22N2O7/c1-13-9-16(17(23(26)27)10-14(13)2)22-20(24)12-30-21(25)8-6-15-5-7-18(28-3)19(11-15)29-4/h5-11H,12H2,1-4H3,(H,22,24)/b8-6+. The fourth-order valence-electron chi connectivity index (χ4n) is 2.54. The summed E-state index contributed by atoms with van der Waals surface area (Å²) in [5.74, 6) is -0.375. The Labute approximate surface area is 173 Å². The molecule has 0 bridgehead atoms. The summed E-state index contributed by atoms with van der Waals surface area (Å²) in [6.07, 6.45) is 2.66. The number of hydrogen-bond acceptors (Lipinski definition) is 7. The molecule has 0 spiro atoms. The molecule has 0 atom stereocenters. The molecule has 2 rings (SSSR count). The molecule has 9 nitrogen and oxygen atoms in total. The number of ether oxygens (including phenoxy) is 3. The Morgan fingerprint density at radius 3 is 2.37 bits per heavy atom. The van der Waals surface area contributed by atoms with E-state index in [9.17, 15) is 19.7 Å². The number of nitro benzene ring substituents is 1. The van der Waals surface area contributed by atoms with Crippen LogP contribution >= 0.6 is 0 Å². The number of carbonyl (C=O) groups is 2. The van der Waals surface area contributed by atoms with Gasteiger partial charge in [0, 0.05) is 12.1 Å². The molecule has 0 unspecified atom stereocenters. The van der Waals surface area contributed by atoms with Gasteiger partial charge in [0.15, 0.2) is 18.1 Å². The van der Waals surface area contributed by atoms with Crippen molar-refractivity contribution in [2.24, 2.45) is 0 Å². The lowest BCUT2D eigenvalue weighted by Gasteiger charge is -2.09. The number of hydrogen-bond donors (Lipinski definition) is 1. The topological polar surface area (TPSA) is 117 Å². The third kappa shape index (κ3) is 5.81. The number of rotatable bonds is 8. The Morgan fingerprint density at radius 2 is 1.73 bits per heavy atom. The minimum Gasteiger partial charge on any atom is -0.493 e. The highest BCUT2D eigenvalue weighted by molar-refractivity contribution is 5.96. The summed E-state index contributed by atoms with van der Waals surface area (Å²) in [7, 11) is 3.01. The maximum absolute atomic E-state index is 12.1. The zero-order chi connectivity index (χ0) is 22.3. The second kappa shape index (κ2) is 10.1. The lowest BCUT2D eigenvalue weighted by molar-refractivity contribution is -0.384. The number of carbonyl (C=O) groups excluding carboxylic acids is 2. The molecule has 2 aromatic rings. The van der Waals surface area contributed by atoms with E-state index in [2.05, 4.69) is 5.32 Å². The number of nitro groups is 1. The van der Waals surface area contributed by atoms with Crippen LogP contribution in [0.2, 0.25) is 0 Å². The van der Waals surface area contributed by atoms with Crippen LogP contribution in [0.3, 0.4) is 0 Å². The zero-order valence-electron chi connectivity index (χ0n) is 17.1. The summed E-state index contributed by atoms with van der Waals surface area (Å²) < 4.78 is 15.2. The van der Waals surface area contributed by atoms with Crippen molar-refractivity contribution < 1.29 is 28.7 Å². The van der Waals surface area contributed by atoms with Crippen LogP contribution in [0, 0.1) is 24.0 Å². The van der Waals surface area contributed by atoms with Gasteiger partial charge in [-0.25, -0.2) is 4.79 Å². The molecule has 1 N–H and O–H groups in total. The Balaban J connectivity index is 1.97. The van der Waals surface area contributed by atoms with Gasteiger partial charge in [0.1, 0.15) is 5.69 Å². The van der Waals surface area contributed by atoms with Crippen LogP contribution in [0.1, 0.15) is 16.7 Å². The molecule has 0 saturated heterocycles. The summed E-state index contributed by atoms with van der Waals surface area (Å²) >= 11 is 0. The molecule has 158 valence electrons. The SMILES string of the molecule is COc1ccc(/C=C/C(=O)OCC(=O)Nc2cc(C)c(C)cc2[N+](=O)[O-])cc1OC. The van der Waals surface area contributed by atoms with Crippen molar-refractivity contribution in [1.29, 1.82) is 0 Å². The van der Waals surface area contributed by atoms with Crippen LogP contribution in [0.15, 0.2) is 36.4 Å².